The lowest BCUT2D eigenvalue weighted by atomic mass is 10.2. The monoisotopic (exact) mass is 248 g/mol. The largest absolute Gasteiger partial charge is 0.300 e. The van der Waals surface area contributed by atoms with Crippen molar-refractivity contribution in [2.75, 3.05) is 0 Å². The van der Waals surface area contributed by atoms with Crippen LogP contribution in [0, 0.1) is 0 Å². The van der Waals surface area contributed by atoms with Gasteiger partial charge < -0.3 is 0 Å². The van der Waals surface area contributed by atoms with Gasteiger partial charge in [0, 0.05) is 7.05 Å². The van der Waals surface area contributed by atoms with Crippen molar-refractivity contribution in [2.45, 2.75) is 0 Å². The third kappa shape index (κ3) is 1.40. The van der Waals surface area contributed by atoms with Crippen molar-refractivity contribution in [3.05, 3.63) is 55.0 Å². The van der Waals surface area contributed by atoms with E-state index in [1.807, 2.05) is 37.8 Å². The molecule has 0 unspecified atom stereocenters. The van der Waals surface area contributed by atoms with Crippen LogP contribution in [0.25, 0.3) is 27.8 Å². The van der Waals surface area contributed by atoms with Crippen LogP contribution in [0.5, 0.6) is 0 Å². The van der Waals surface area contributed by atoms with E-state index in [-0.39, 0.29) is 0 Å². The van der Waals surface area contributed by atoms with Crippen molar-refractivity contribution in [1.82, 2.24) is 19.2 Å². The van der Waals surface area contributed by atoms with Crippen LogP contribution >= 0.6 is 0 Å². The highest BCUT2D eigenvalue weighted by Crippen LogP contribution is 2.25. The standard InChI is InChI=1S/C15H12N4/c1-18-15-12(9-17-18)14-8-7-13(19(14)10-16-15)11-5-3-2-4-6-11/h2-10H,1H3. The van der Waals surface area contributed by atoms with Gasteiger partial charge in [0.05, 0.1) is 22.8 Å². The lowest BCUT2D eigenvalue weighted by Gasteiger charge is -2.03. The number of aryl methyl sites for hydroxylation is 1. The van der Waals surface area contributed by atoms with E-state index < -0.39 is 0 Å². The van der Waals surface area contributed by atoms with Gasteiger partial charge in [0.1, 0.15) is 6.33 Å². The van der Waals surface area contributed by atoms with Gasteiger partial charge in [-0.1, -0.05) is 30.3 Å². The lowest BCUT2D eigenvalue weighted by molar-refractivity contribution is 0.785. The highest BCUT2D eigenvalue weighted by atomic mass is 15.3. The van der Waals surface area contributed by atoms with E-state index in [0.29, 0.717) is 0 Å². The summed E-state index contributed by atoms with van der Waals surface area (Å²) >= 11 is 0. The Hall–Kier alpha value is -2.62. The summed E-state index contributed by atoms with van der Waals surface area (Å²) in [6.45, 7) is 0. The summed E-state index contributed by atoms with van der Waals surface area (Å²) in [7, 11) is 1.91. The molecule has 3 aromatic heterocycles. The fourth-order valence-electron chi connectivity index (χ4n) is 2.51. The Morgan fingerprint density at radius 2 is 1.84 bits per heavy atom. The van der Waals surface area contributed by atoms with Crippen molar-refractivity contribution in [1.29, 1.82) is 0 Å². The van der Waals surface area contributed by atoms with E-state index in [2.05, 4.69) is 38.7 Å². The summed E-state index contributed by atoms with van der Waals surface area (Å²) in [5.74, 6) is 0. The van der Waals surface area contributed by atoms with Crippen LogP contribution in [-0.2, 0) is 7.05 Å². The van der Waals surface area contributed by atoms with Gasteiger partial charge in [-0.3, -0.25) is 9.08 Å². The Balaban J connectivity index is 2.07. The number of rotatable bonds is 1. The van der Waals surface area contributed by atoms with Crippen molar-refractivity contribution < 1.29 is 0 Å². The molecule has 4 heteroatoms. The van der Waals surface area contributed by atoms with Gasteiger partial charge in [0.15, 0.2) is 5.65 Å². The second-order valence-electron chi connectivity index (χ2n) is 4.59. The van der Waals surface area contributed by atoms with Gasteiger partial charge >= 0.3 is 0 Å². The smallest absolute Gasteiger partial charge is 0.161 e. The summed E-state index contributed by atoms with van der Waals surface area (Å²) in [6.07, 6.45) is 3.73. The van der Waals surface area contributed by atoms with Crippen LogP contribution in [0.3, 0.4) is 0 Å². The van der Waals surface area contributed by atoms with Crippen LogP contribution in [-0.4, -0.2) is 19.2 Å². The van der Waals surface area contributed by atoms with E-state index >= 15 is 0 Å². The summed E-state index contributed by atoms with van der Waals surface area (Å²) < 4.78 is 3.91. The first-order chi connectivity index (χ1) is 9.34. The summed E-state index contributed by atoms with van der Waals surface area (Å²) in [4.78, 5) is 4.49. The zero-order chi connectivity index (χ0) is 12.8. The van der Waals surface area contributed by atoms with Crippen molar-refractivity contribution >= 4 is 16.6 Å². The zero-order valence-electron chi connectivity index (χ0n) is 10.5. The predicted molar refractivity (Wildman–Crippen MR) is 74.9 cm³/mol. The van der Waals surface area contributed by atoms with Gasteiger partial charge in [-0.25, -0.2) is 4.98 Å². The van der Waals surface area contributed by atoms with E-state index in [4.69, 9.17) is 0 Å². The molecular formula is C15H12N4. The average molecular weight is 248 g/mol. The summed E-state index contributed by atoms with van der Waals surface area (Å²) in [6, 6.07) is 14.6. The molecule has 92 valence electrons. The van der Waals surface area contributed by atoms with Gasteiger partial charge in [0.2, 0.25) is 0 Å². The van der Waals surface area contributed by atoms with Crippen LogP contribution in [0.2, 0.25) is 0 Å². The molecule has 0 saturated carbocycles. The fourth-order valence-corrected chi connectivity index (χ4v) is 2.51. The van der Waals surface area contributed by atoms with E-state index in [9.17, 15) is 0 Å². The van der Waals surface area contributed by atoms with Gasteiger partial charge in [-0.2, -0.15) is 5.10 Å². The number of hydrogen-bond donors (Lipinski definition) is 0. The molecule has 0 aliphatic rings. The number of aromatic nitrogens is 4. The Morgan fingerprint density at radius 1 is 1.00 bits per heavy atom. The number of nitrogens with zero attached hydrogens (tertiary/aromatic N) is 4. The SMILES string of the molecule is Cn1ncc2c1ncn1c(-c3ccccc3)ccc21. The van der Waals surface area contributed by atoms with Crippen LogP contribution < -0.4 is 0 Å². The lowest BCUT2D eigenvalue weighted by Crippen LogP contribution is -1.94. The maximum absolute atomic E-state index is 4.49. The van der Waals surface area contributed by atoms with E-state index in [0.717, 1.165) is 22.2 Å². The first-order valence-electron chi connectivity index (χ1n) is 6.18. The molecule has 4 rings (SSSR count). The molecule has 0 atom stereocenters. The quantitative estimate of drug-likeness (QED) is 0.519. The molecule has 3 heterocycles. The molecule has 0 N–H and O–H groups in total. The Morgan fingerprint density at radius 3 is 2.68 bits per heavy atom. The highest BCUT2D eigenvalue weighted by Gasteiger charge is 2.09. The van der Waals surface area contributed by atoms with Crippen molar-refractivity contribution in [2.24, 2.45) is 7.05 Å². The molecule has 0 spiro atoms. The predicted octanol–water partition coefficient (Wildman–Crippen LogP) is 2.89. The summed E-state index contributed by atoms with van der Waals surface area (Å²) in [5, 5.41) is 5.34. The fraction of sp³-hybridized carbons (Fsp3) is 0.0667. The van der Waals surface area contributed by atoms with Crippen molar-refractivity contribution in [3.63, 3.8) is 0 Å². The minimum Gasteiger partial charge on any atom is -0.300 e. The number of hydrogen-bond acceptors (Lipinski definition) is 2. The molecule has 4 aromatic rings. The molecule has 0 aliphatic heterocycles. The normalized spacial score (nSPS) is 11.4. The average Bonchev–Trinajstić information content (AvgIpc) is 3.03. The third-order valence-corrected chi connectivity index (χ3v) is 3.47. The Labute approximate surface area is 109 Å². The third-order valence-electron chi connectivity index (χ3n) is 3.47. The second kappa shape index (κ2) is 3.68. The van der Waals surface area contributed by atoms with Gasteiger partial charge in [-0.15, -0.1) is 0 Å². The molecule has 0 bridgehead atoms. The van der Waals surface area contributed by atoms with E-state index in [1.54, 1.807) is 4.68 Å². The van der Waals surface area contributed by atoms with Crippen LogP contribution in [0.4, 0.5) is 0 Å². The molecule has 0 aliphatic carbocycles. The molecule has 4 nitrogen and oxygen atoms in total. The minimum absolute atomic E-state index is 0.908. The maximum Gasteiger partial charge on any atom is 0.161 e. The number of fused-ring (bicyclic) bond motifs is 3. The second-order valence-corrected chi connectivity index (χ2v) is 4.59. The molecule has 0 fully saturated rings. The van der Waals surface area contributed by atoms with Gasteiger partial charge in [0.25, 0.3) is 0 Å². The molecule has 0 radical (unpaired) electrons. The molecule has 1 aromatic carbocycles. The first-order valence-corrected chi connectivity index (χ1v) is 6.18. The van der Waals surface area contributed by atoms with Crippen LogP contribution in [0.15, 0.2) is 55.0 Å². The zero-order valence-corrected chi connectivity index (χ0v) is 10.5. The Bertz CT molecular complexity index is 871. The highest BCUT2D eigenvalue weighted by molar-refractivity contribution is 5.92. The molecule has 0 saturated heterocycles. The first kappa shape index (κ1) is 10.3. The van der Waals surface area contributed by atoms with Gasteiger partial charge in [-0.05, 0) is 17.7 Å². The summed E-state index contributed by atoms with van der Waals surface area (Å²) in [5.41, 5.74) is 4.38. The van der Waals surface area contributed by atoms with Crippen molar-refractivity contribution in [3.8, 4) is 11.3 Å². The van der Waals surface area contributed by atoms with Crippen LogP contribution in [0.1, 0.15) is 0 Å². The Kier molecular flexibility index (Phi) is 2.00. The molecule has 19 heavy (non-hydrogen) atoms. The minimum atomic E-state index is 0.908. The topological polar surface area (TPSA) is 35.1 Å². The van der Waals surface area contributed by atoms with E-state index in [1.165, 1.54) is 5.56 Å². The maximum atomic E-state index is 4.49. The molecule has 0 amide bonds. The number of benzene rings is 1. The molecular weight excluding hydrogens is 236 g/mol.